The lowest BCUT2D eigenvalue weighted by Gasteiger charge is -2.27. The third-order valence-electron chi connectivity index (χ3n) is 3.80. The summed E-state index contributed by atoms with van der Waals surface area (Å²) in [6.45, 7) is 4.28. The first-order chi connectivity index (χ1) is 9.41. The normalized spacial score (nSPS) is 21.8. The van der Waals surface area contributed by atoms with Gasteiger partial charge in [0.1, 0.15) is 5.92 Å². The van der Waals surface area contributed by atoms with Gasteiger partial charge in [0.15, 0.2) is 0 Å². The summed E-state index contributed by atoms with van der Waals surface area (Å²) in [6, 6.07) is 5.20. The molecule has 1 heterocycles. The van der Waals surface area contributed by atoms with Gasteiger partial charge in [0.2, 0.25) is 0 Å². The molecule has 2 rings (SSSR count). The first kappa shape index (κ1) is 14.5. The van der Waals surface area contributed by atoms with Crippen molar-refractivity contribution in [2.75, 3.05) is 20.3 Å². The lowest BCUT2D eigenvalue weighted by molar-refractivity contribution is -0.142. The Kier molecular flexibility index (Phi) is 4.09. The molecule has 5 heteroatoms. The van der Waals surface area contributed by atoms with Gasteiger partial charge in [-0.05, 0) is 25.5 Å². The number of amides is 1. The summed E-state index contributed by atoms with van der Waals surface area (Å²) in [7, 11) is 1.64. The Balaban J connectivity index is 2.22. The molecule has 1 aromatic carbocycles. The smallest absolute Gasteiger partial charge is 0.311 e. The number of carbonyl (C=O) groups is 2. The lowest BCUT2D eigenvalue weighted by atomic mass is 10.00. The highest BCUT2D eigenvalue weighted by molar-refractivity contribution is 5.96. The summed E-state index contributed by atoms with van der Waals surface area (Å²) in [4.78, 5) is 25.2. The Morgan fingerprint density at radius 3 is 2.60 bits per heavy atom. The average Bonchev–Trinajstić information content (AvgIpc) is 2.86. The number of carboxylic acids is 1. The summed E-state index contributed by atoms with van der Waals surface area (Å²) >= 11 is 0. The summed E-state index contributed by atoms with van der Waals surface area (Å²) < 4.78 is 5.21. The van der Waals surface area contributed by atoms with Crippen molar-refractivity contribution >= 4 is 11.9 Å². The van der Waals surface area contributed by atoms with Crippen LogP contribution in [0, 0.1) is 19.8 Å². The fourth-order valence-corrected chi connectivity index (χ4v) is 2.55. The Morgan fingerprint density at radius 1 is 1.30 bits per heavy atom. The van der Waals surface area contributed by atoms with Crippen LogP contribution in [-0.4, -0.2) is 48.2 Å². The number of aryl methyl sites for hydroxylation is 2. The maximum absolute atomic E-state index is 12.5. The molecule has 0 aliphatic carbocycles. The molecule has 1 aliphatic heterocycles. The average molecular weight is 277 g/mol. The number of carboxylic acid groups (broad SMARTS) is 1. The maximum Gasteiger partial charge on any atom is 0.311 e. The van der Waals surface area contributed by atoms with Gasteiger partial charge >= 0.3 is 5.97 Å². The van der Waals surface area contributed by atoms with E-state index in [1.807, 2.05) is 26.0 Å². The highest BCUT2D eigenvalue weighted by Gasteiger charge is 2.38. The molecule has 1 amide bonds. The zero-order chi connectivity index (χ0) is 14.9. The predicted molar refractivity (Wildman–Crippen MR) is 73.7 cm³/mol. The van der Waals surface area contributed by atoms with E-state index in [4.69, 9.17) is 9.84 Å². The number of rotatable bonds is 3. The molecule has 20 heavy (non-hydrogen) atoms. The van der Waals surface area contributed by atoms with Gasteiger partial charge in [0.25, 0.3) is 5.91 Å². The second kappa shape index (κ2) is 5.63. The Labute approximate surface area is 118 Å². The minimum atomic E-state index is -0.923. The number of benzene rings is 1. The Bertz CT molecular complexity index is 541. The number of likely N-dealkylation sites (N-methyl/N-ethyl adjacent to an activating group) is 1. The molecule has 5 nitrogen and oxygen atoms in total. The molecule has 1 fully saturated rings. The van der Waals surface area contributed by atoms with Gasteiger partial charge in [-0.1, -0.05) is 17.7 Å². The molecule has 0 radical (unpaired) electrons. The molecule has 108 valence electrons. The van der Waals surface area contributed by atoms with Crippen LogP contribution < -0.4 is 0 Å². The van der Waals surface area contributed by atoms with E-state index in [1.165, 1.54) is 4.90 Å². The van der Waals surface area contributed by atoms with E-state index in [1.54, 1.807) is 13.1 Å². The van der Waals surface area contributed by atoms with Crippen LogP contribution in [0.25, 0.3) is 0 Å². The van der Waals surface area contributed by atoms with E-state index in [9.17, 15) is 9.59 Å². The first-order valence-electron chi connectivity index (χ1n) is 6.56. The van der Waals surface area contributed by atoms with Gasteiger partial charge in [-0.15, -0.1) is 0 Å². The van der Waals surface area contributed by atoms with Crippen LogP contribution in [0.1, 0.15) is 21.5 Å². The second-order valence-electron chi connectivity index (χ2n) is 5.28. The third kappa shape index (κ3) is 2.67. The van der Waals surface area contributed by atoms with Crippen LogP contribution in [-0.2, 0) is 9.53 Å². The van der Waals surface area contributed by atoms with Crippen molar-refractivity contribution in [3.8, 4) is 0 Å². The first-order valence-corrected chi connectivity index (χ1v) is 6.56. The number of hydrogen-bond acceptors (Lipinski definition) is 3. The van der Waals surface area contributed by atoms with Crippen LogP contribution in [0.15, 0.2) is 18.2 Å². The van der Waals surface area contributed by atoms with Crippen molar-refractivity contribution in [1.29, 1.82) is 0 Å². The van der Waals surface area contributed by atoms with Crippen LogP contribution in [0.4, 0.5) is 0 Å². The quantitative estimate of drug-likeness (QED) is 0.908. The van der Waals surface area contributed by atoms with Crippen molar-refractivity contribution < 1.29 is 19.4 Å². The molecule has 1 aromatic rings. The predicted octanol–water partition coefficient (Wildman–Crippen LogP) is 1.48. The molecule has 0 spiro atoms. The fourth-order valence-electron chi connectivity index (χ4n) is 2.55. The van der Waals surface area contributed by atoms with Gasteiger partial charge in [-0.3, -0.25) is 9.59 Å². The zero-order valence-electron chi connectivity index (χ0n) is 11.9. The molecule has 2 atom stereocenters. The second-order valence-corrected chi connectivity index (χ2v) is 5.28. The number of hydrogen-bond donors (Lipinski definition) is 1. The van der Waals surface area contributed by atoms with Gasteiger partial charge in [0.05, 0.1) is 19.3 Å². The van der Waals surface area contributed by atoms with Crippen LogP contribution in [0.5, 0.6) is 0 Å². The molecule has 2 unspecified atom stereocenters. The van der Waals surface area contributed by atoms with E-state index in [0.717, 1.165) is 11.1 Å². The molecule has 0 aromatic heterocycles. The van der Waals surface area contributed by atoms with E-state index in [-0.39, 0.29) is 19.1 Å². The minimum Gasteiger partial charge on any atom is -0.481 e. The third-order valence-corrected chi connectivity index (χ3v) is 3.80. The molecule has 1 aliphatic rings. The van der Waals surface area contributed by atoms with Gasteiger partial charge < -0.3 is 14.7 Å². The molecule has 1 saturated heterocycles. The number of carbonyl (C=O) groups excluding carboxylic acids is 1. The molecule has 0 bridgehead atoms. The van der Waals surface area contributed by atoms with Crippen molar-refractivity contribution in [3.63, 3.8) is 0 Å². The van der Waals surface area contributed by atoms with Gasteiger partial charge in [-0.25, -0.2) is 0 Å². The van der Waals surface area contributed by atoms with Crippen LogP contribution in [0.2, 0.25) is 0 Å². The van der Waals surface area contributed by atoms with E-state index in [0.29, 0.717) is 5.56 Å². The zero-order valence-corrected chi connectivity index (χ0v) is 11.9. The van der Waals surface area contributed by atoms with Crippen molar-refractivity contribution in [1.82, 2.24) is 4.90 Å². The van der Waals surface area contributed by atoms with Crippen molar-refractivity contribution in [2.45, 2.75) is 19.9 Å². The topological polar surface area (TPSA) is 66.8 Å². The number of aliphatic carboxylic acids is 1. The van der Waals surface area contributed by atoms with E-state index >= 15 is 0 Å². The summed E-state index contributed by atoms with van der Waals surface area (Å²) in [5.41, 5.74) is 2.59. The van der Waals surface area contributed by atoms with Gasteiger partial charge in [0, 0.05) is 12.6 Å². The molecular formula is C15H19NO4. The van der Waals surface area contributed by atoms with Crippen molar-refractivity contribution in [2.24, 2.45) is 5.92 Å². The summed E-state index contributed by atoms with van der Waals surface area (Å²) in [5.74, 6) is -1.74. The summed E-state index contributed by atoms with van der Waals surface area (Å²) in [6.07, 6.45) is 0. The molecule has 1 N–H and O–H groups in total. The monoisotopic (exact) mass is 277 g/mol. The van der Waals surface area contributed by atoms with E-state index in [2.05, 4.69) is 0 Å². The van der Waals surface area contributed by atoms with Crippen molar-refractivity contribution in [3.05, 3.63) is 34.9 Å². The highest BCUT2D eigenvalue weighted by atomic mass is 16.5. The largest absolute Gasteiger partial charge is 0.481 e. The fraction of sp³-hybridized carbons (Fsp3) is 0.467. The number of nitrogens with zero attached hydrogens (tertiary/aromatic N) is 1. The summed E-state index contributed by atoms with van der Waals surface area (Å²) in [5, 5.41) is 9.16. The Morgan fingerprint density at radius 2 is 2.00 bits per heavy atom. The minimum absolute atomic E-state index is 0.157. The van der Waals surface area contributed by atoms with E-state index < -0.39 is 17.9 Å². The SMILES string of the molecule is Cc1ccc(C(=O)N(C)C2COCC2C(=O)O)c(C)c1. The number of ether oxygens (including phenoxy) is 1. The Hall–Kier alpha value is -1.88. The lowest BCUT2D eigenvalue weighted by Crippen LogP contribution is -2.44. The van der Waals surface area contributed by atoms with Gasteiger partial charge in [-0.2, -0.15) is 0 Å². The van der Waals surface area contributed by atoms with Crippen LogP contribution >= 0.6 is 0 Å². The van der Waals surface area contributed by atoms with Crippen LogP contribution in [0.3, 0.4) is 0 Å². The molecule has 0 saturated carbocycles. The molecular weight excluding hydrogens is 258 g/mol. The maximum atomic E-state index is 12.5. The standard InChI is InChI=1S/C15H19NO4/c1-9-4-5-11(10(2)6-9)14(17)16(3)13-8-20-7-12(13)15(18)19/h4-6,12-13H,7-8H2,1-3H3,(H,18,19). The highest BCUT2D eigenvalue weighted by Crippen LogP contribution is 2.22.